The average molecular weight is 191 g/mol. The van der Waals surface area contributed by atoms with Gasteiger partial charge in [0.05, 0.1) is 0 Å². The van der Waals surface area contributed by atoms with E-state index in [-0.39, 0.29) is 0 Å². The molecule has 12 heavy (non-hydrogen) atoms. The lowest BCUT2D eigenvalue weighted by Crippen LogP contribution is -2.31. The Kier molecular flexibility index (Phi) is 4.33. The van der Waals surface area contributed by atoms with Gasteiger partial charge in [-0.05, 0) is 40.0 Å². The summed E-state index contributed by atoms with van der Waals surface area (Å²) in [7, 11) is 4.32. The van der Waals surface area contributed by atoms with Crippen LogP contribution in [0.15, 0.2) is 0 Å². The van der Waals surface area contributed by atoms with Gasteiger partial charge in [0.15, 0.2) is 0 Å². The lowest BCUT2D eigenvalue weighted by molar-refractivity contribution is 0.269. The molecule has 0 radical (unpaired) electrons. The third-order valence-electron chi connectivity index (χ3n) is 2.59. The highest BCUT2D eigenvalue weighted by molar-refractivity contribution is 6.17. The van der Waals surface area contributed by atoms with Gasteiger partial charge in [-0.15, -0.1) is 11.6 Å². The number of likely N-dealkylation sites (N-methyl/N-ethyl adjacent to an activating group) is 1. The van der Waals surface area contributed by atoms with E-state index < -0.39 is 0 Å². The molecule has 3 heteroatoms. The zero-order chi connectivity index (χ0) is 8.97. The van der Waals surface area contributed by atoms with E-state index in [0.717, 1.165) is 18.3 Å². The Labute approximate surface area is 80.5 Å². The van der Waals surface area contributed by atoms with Crippen molar-refractivity contribution in [2.45, 2.75) is 18.9 Å². The van der Waals surface area contributed by atoms with E-state index in [2.05, 4.69) is 23.9 Å². The SMILES string of the molecule is CN(C)C1CCN(CCCCl)C1. The summed E-state index contributed by atoms with van der Waals surface area (Å²) < 4.78 is 0. The van der Waals surface area contributed by atoms with Crippen molar-refractivity contribution in [1.82, 2.24) is 9.80 Å². The molecule has 1 rings (SSSR count). The zero-order valence-corrected chi connectivity index (χ0v) is 8.85. The van der Waals surface area contributed by atoms with Gasteiger partial charge in [0.25, 0.3) is 0 Å². The van der Waals surface area contributed by atoms with Gasteiger partial charge in [-0.2, -0.15) is 0 Å². The molecule has 1 heterocycles. The summed E-state index contributed by atoms with van der Waals surface area (Å²) in [5.74, 6) is 0.795. The molecule has 0 spiro atoms. The van der Waals surface area contributed by atoms with Crippen LogP contribution in [0.4, 0.5) is 0 Å². The van der Waals surface area contributed by atoms with Crippen LogP contribution in [0.2, 0.25) is 0 Å². The quantitative estimate of drug-likeness (QED) is 0.616. The van der Waals surface area contributed by atoms with Gasteiger partial charge in [-0.25, -0.2) is 0 Å². The highest BCUT2D eigenvalue weighted by Crippen LogP contribution is 2.12. The summed E-state index contributed by atoms with van der Waals surface area (Å²) >= 11 is 5.64. The zero-order valence-electron chi connectivity index (χ0n) is 8.09. The minimum Gasteiger partial charge on any atom is -0.305 e. The van der Waals surface area contributed by atoms with Crippen LogP contribution in [0.1, 0.15) is 12.8 Å². The summed E-state index contributed by atoms with van der Waals surface area (Å²) in [6.45, 7) is 3.65. The molecule has 0 aromatic heterocycles. The average Bonchev–Trinajstić information content (AvgIpc) is 2.48. The van der Waals surface area contributed by atoms with Crippen molar-refractivity contribution in [3.05, 3.63) is 0 Å². The van der Waals surface area contributed by atoms with Gasteiger partial charge in [0.2, 0.25) is 0 Å². The molecule has 1 saturated heterocycles. The standard InChI is InChI=1S/C9H19ClN2/c1-11(2)9-4-7-12(8-9)6-3-5-10/h9H,3-8H2,1-2H3. The highest BCUT2D eigenvalue weighted by atomic mass is 35.5. The third-order valence-corrected chi connectivity index (χ3v) is 2.85. The summed E-state index contributed by atoms with van der Waals surface area (Å²) in [5.41, 5.74) is 0. The molecular weight excluding hydrogens is 172 g/mol. The van der Waals surface area contributed by atoms with Crippen LogP contribution in [0.5, 0.6) is 0 Å². The van der Waals surface area contributed by atoms with Gasteiger partial charge in [-0.3, -0.25) is 0 Å². The van der Waals surface area contributed by atoms with Crippen LogP contribution in [-0.2, 0) is 0 Å². The number of halogens is 1. The van der Waals surface area contributed by atoms with Crippen molar-refractivity contribution >= 4 is 11.6 Å². The Hall–Kier alpha value is 0.210. The van der Waals surface area contributed by atoms with Gasteiger partial charge >= 0.3 is 0 Å². The van der Waals surface area contributed by atoms with Crippen LogP contribution < -0.4 is 0 Å². The van der Waals surface area contributed by atoms with Crippen LogP contribution in [0, 0.1) is 0 Å². The van der Waals surface area contributed by atoms with Crippen molar-refractivity contribution in [3.63, 3.8) is 0 Å². The van der Waals surface area contributed by atoms with E-state index in [1.165, 1.54) is 26.1 Å². The molecule has 0 aliphatic carbocycles. The minimum absolute atomic E-state index is 0.764. The van der Waals surface area contributed by atoms with E-state index in [1.807, 2.05) is 0 Å². The van der Waals surface area contributed by atoms with E-state index in [1.54, 1.807) is 0 Å². The van der Waals surface area contributed by atoms with Crippen molar-refractivity contribution < 1.29 is 0 Å². The molecule has 0 N–H and O–H groups in total. The largest absolute Gasteiger partial charge is 0.305 e. The van der Waals surface area contributed by atoms with Crippen molar-refractivity contribution in [2.75, 3.05) is 39.6 Å². The molecule has 1 aliphatic heterocycles. The summed E-state index contributed by atoms with van der Waals surface area (Å²) in [5, 5.41) is 0. The molecule has 0 saturated carbocycles. The predicted molar refractivity (Wildman–Crippen MR) is 53.9 cm³/mol. The summed E-state index contributed by atoms with van der Waals surface area (Å²) in [6.07, 6.45) is 2.44. The second-order valence-electron chi connectivity index (χ2n) is 3.75. The normalized spacial score (nSPS) is 25.5. The number of rotatable bonds is 4. The van der Waals surface area contributed by atoms with Gasteiger partial charge in [0.1, 0.15) is 0 Å². The fourth-order valence-corrected chi connectivity index (χ4v) is 1.84. The predicted octanol–water partition coefficient (Wildman–Crippen LogP) is 1.25. The molecule has 2 nitrogen and oxygen atoms in total. The van der Waals surface area contributed by atoms with Crippen molar-refractivity contribution in [1.29, 1.82) is 0 Å². The first-order chi connectivity index (χ1) is 5.74. The number of alkyl halides is 1. The first-order valence-electron chi connectivity index (χ1n) is 4.69. The number of nitrogens with zero attached hydrogens (tertiary/aromatic N) is 2. The van der Waals surface area contributed by atoms with Crippen LogP contribution in [0.3, 0.4) is 0 Å². The number of likely N-dealkylation sites (tertiary alicyclic amines) is 1. The van der Waals surface area contributed by atoms with Crippen LogP contribution in [0.25, 0.3) is 0 Å². The Morgan fingerprint density at radius 2 is 2.25 bits per heavy atom. The summed E-state index contributed by atoms with van der Waals surface area (Å²) in [4.78, 5) is 4.83. The maximum atomic E-state index is 5.64. The first-order valence-corrected chi connectivity index (χ1v) is 5.22. The van der Waals surface area contributed by atoms with Crippen molar-refractivity contribution in [3.8, 4) is 0 Å². The van der Waals surface area contributed by atoms with Crippen LogP contribution >= 0.6 is 11.6 Å². The lowest BCUT2D eigenvalue weighted by Gasteiger charge is -2.19. The van der Waals surface area contributed by atoms with E-state index in [9.17, 15) is 0 Å². The molecule has 0 aromatic rings. The molecule has 1 fully saturated rings. The van der Waals surface area contributed by atoms with Gasteiger partial charge in [-0.1, -0.05) is 0 Å². The molecule has 1 unspecified atom stereocenters. The number of hydrogen-bond donors (Lipinski definition) is 0. The molecule has 0 bridgehead atoms. The lowest BCUT2D eigenvalue weighted by atomic mass is 10.2. The third kappa shape index (κ3) is 2.92. The second kappa shape index (κ2) is 5.05. The summed E-state index contributed by atoms with van der Waals surface area (Å²) in [6, 6.07) is 0.764. The maximum absolute atomic E-state index is 5.64. The fourth-order valence-electron chi connectivity index (χ4n) is 1.72. The van der Waals surface area contributed by atoms with Gasteiger partial charge in [0, 0.05) is 18.5 Å². The highest BCUT2D eigenvalue weighted by Gasteiger charge is 2.22. The number of hydrogen-bond acceptors (Lipinski definition) is 2. The monoisotopic (exact) mass is 190 g/mol. The topological polar surface area (TPSA) is 6.48 Å². The molecule has 72 valence electrons. The molecule has 1 atom stereocenters. The van der Waals surface area contributed by atoms with Gasteiger partial charge < -0.3 is 9.80 Å². The van der Waals surface area contributed by atoms with E-state index >= 15 is 0 Å². The Bertz CT molecular complexity index is 128. The smallest absolute Gasteiger partial charge is 0.0235 e. The molecular formula is C9H19ClN2. The van der Waals surface area contributed by atoms with E-state index in [0.29, 0.717) is 0 Å². The van der Waals surface area contributed by atoms with E-state index in [4.69, 9.17) is 11.6 Å². The molecule has 0 amide bonds. The molecule has 1 aliphatic rings. The van der Waals surface area contributed by atoms with Crippen molar-refractivity contribution in [2.24, 2.45) is 0 Å². The first kappa shape index (κ1) is 10.3. The fraction of sp³-hybridized carbons (Fsp3) is 1.00. The maximum Gasteiger partial charge on any atom is 0.0235 e. The second-order valence-corrected chi connectivity index (χ2v) is 4.13. The minimum atomic E-state index is 0.764. The Morgan fingerprint density at radius 1 is 1.50 bits per heavy atom. The Balaban J connectivity index is 2.17. The Morgan fingerprint density at radius 3 is 2.75 bits per heavy atom. The van der Waals surface area contributed by atoms with Crippen LogP contribution in [-0.4, -0.2) is 55.5 Å². The molecule has 0 aromatic carbocycles.